The van der Waals surface area contributed by atoms with Gasteiger partial charge in [-0.05, 0) is 31.2 Å². The Morgan fingerprint density at radius 2 is 1.96 bits per heavy atom. The Balaban J connectivity index is 1.60. The van der Waals surface area contributed by atoms with Gasteiger partial charge in [0.05, 0.1) is 18.8 Å². The average molecular weight is 382 g/mol. The summed E-state index contributed by atoms with van der Waals surface area (Å²) in [5, 5.41) is 9.77. The molecule has 9 heteroatoms. The molecule has 0 bridgehead atoms. The molecule has 2 amide bonds. The second-order valence-corrected chi connectivity index (χ2v) is 5.91. The van der Waals surface area contributed by atoms with Crippen LogP contribution in [0.1, 0.15) is 6.92 Å². The van der Waals surface area contributed by atoms with Crippen molar-refractivity contribution in [1.82, 2.24) is 24.6 Å². The number of urea groups is 1. The second kappa shape index (κ2) is 8.85. The number of ether oxygens (including phenoxy) is 1. The zero-order chi connectivity index (χ0) is 19.9. The van der Waals surface area contributed by atoms with Crippen molar-refractivity contribution in [1.29, 1.82) is 0 Å². The molecule has 28 heavy (non-hydrogen) atoms. The second-order valence-electron chi connectivity index (χ2n) is 5.91. The molecule has 0 radical (unpaired) electrons. The summed E-state index contributed by atoms with van der Waals surface area (Å²) in [4.78, 5) is 28.7. The third-order valence-corrected chi connectivity index (χ3v) is 3.98. The molecule has 0 atom stereocenters. The molecule has 3 aromatic rings. The van der Waals surface area contributed by atoms with Crippen LogP contribution < -0.4 is 21.1 Å². The van der Waals surface area contributed by atoms with Gasteiger partial charge in [0.1, 0.15) is 11.4 Å². The van der Waals surface area contributed by atoms with Gasteiger partial charge in [-0.1, -0.05) is 18.2 Å². The lowest BCUT2D eigenvalue weighted by Gasteiger charge is -2.11. The largest absolute Gasteiger partial charge is 0.492 e. The predicted octanol–water partition coefficient (Wildman–Crippen LogP) is 1.86. The topological polar surface area (TPSA) is 103 Å². The smallest absolute Gasteiger partial charge is 0.346 e. The molecule has 0 aliphatic carbocycles. The molecule has 2 heterocycles. The molecule has 0 saturated carbocycles. The zero-order valence-electron chi connectivity index (χ0n) is 15.8. The zero-order valence-corrected chi connectivity index (χ0v) is 15.8. The highest BCUT2D eigenvalue weighted by atomic mass is 16.5. The normalized spacial score (nSPS) is 10.5. The van der Waals surface area contributed by atoms with Gasteiger partial charge < -0.3 is 15.4 Å². The maximum Gasteiger partial charge on any atom is 0.346 e. The molecule has 2 aromatic heterocycles. The van der Waals surface area contributed by atoms with Crippen LogP contribution in [0.5, 0.6) is 5.75 Å². The van der Waals surface area contributed by atoms with E-state index in [1.807, 2.05) is 25.1 Å². The molecular formula is C19H22N6O3. The third kappa shape index (κ3) is 4.37. The van der Waals surface area contributed by atoms with Gasteiger partial charge in [-0.3, -0.25) is 9.55 Å². The van der Waals surface area contributed by atoms with Crippen molar-refractivity contribution in [3.8, 4) is 17.3 Å². The van der Waals surface area contributed by atoms with E-state index in [0.717, 1.165) is 0 Å². The molecule has 0 saturated heterocycles. The van der Waals surface area contributed by atoms with Crippen molar-refractivity contribution in [2.24, 2.45) is 7.05 Å². The number of anilines is 1. The fourth-order valence-corrected chi connectivity index (χ4v) is 2.64. The first-order valence-electron chi connectivity index (χ1n) is 8.92. The van der Waals surface area contributed by atoms with Gasteiger partial charge in [-0.25, -0.2) is 14.3 Å². The van der Waals surface area contributed by atoms with E-state index in [1.54, 1.807) is 37.5 Å². The van der Waals surface area contributed by atoms with Crippen LogP contribution in [-0.4, -0.2) is 38.5 Å². The number of benzene rings is 1. The number of aromatic nitrogens is 4. The third-order valence-electron chi connectivity index (χ3n) is 3.98. The maximum absolute atomic E-state index is 12.3. The van der Waals surface area contributed by atoms with Gasteiger partial charge in [0.25, 0.3) is 0 Å². The fraction of sp³-hybridized carbons (Fsp3) is 0.263. The molecule has 2 N–H and O–H groups in total. The van der Waals surface area contributed by atoms with Crippen molar-refractivity contribution in [3.63, 3.8) is 0 Å². The van der Waals surface area contributed by atoms with Gasteiger partial charge in [0.15, 0.2) is 5.82 Å². The van der Waals surface area contributed by atoms with Gasteiger partial charge in [-0.2, -0.15) is 0 Å². The van der Waals surface area contributed by atoms with Crippen LogP contribution in [0.2, 0.25) is 0 Å². The van der Waals surface area contributed by atoms with Crippen LogP contribution in [0.3, 0.4) is 0 Å². The van der Waals surface area contributed by atoms with Crippen LogP contribution in [0.4, 0.5) is 10.5 Å². The fourth-order valence-electron chi connectivity index (χ4n) is 2.64. The standard InChI is InChI=1S/C19H22N6O3/c1-3-28-16-10-5-4-8-14(16)22-18(26)21-12-13-25-19(27)24(2)17(23-25)15-9-6-7-11-20-15/h4-11H,3,12-13H2,1-2H3,(H2,21,22,26). The molecule has 0 aliphatic rings. The first kappa shape index (κ1) is 19.2. The monoisotopic (exact) mass is 382 g/mol. The molecule has 1 aromatic carbocycles. The average Bonchev–Trinajstić information content (AvgIpc) is 2.99. The predicted molar refractivity (Wildman–Crippen MR) is 105 cm³/mol. The minimum absolute atomic E-state index is 0.236. The first-order valence-corrected chi connectivity index (χ1v) is 8.92. The Kier molecular flexibility index (Phi) is 6.05. The van der Waals surface area contributed by atoms with Crippen LogP contribution in [0.25, 0.3) is 11.5 Å². The summed E-state index contributed by atoms with van der Waals surface area (Å²) in [7, 11) is 1.64. The van der Waals surface area contributed by atoms with E-state index in [2.05, 4.69) is 20.7 Å². The van der Waals surface area contributed by atoms with E-state index >= 15 is 0 Å². The van der Waals surface area contributed by atoms with E-state index in [0.29, 0.717) is 29.6 Å². The number of amides is 2. The van der Waals surface area contributed by atoms with Crippen molar-refractivity contribution in [2.45, 2.75) is 13.5 Å². The van der Waals surface area contributed by atoms with Crippen molar-refractivity contribution >= 4 is 11.7 Å². The number of carbonyl (C=O) groups excluding carboxylic acids is 1. The van der Waals surface area contributed by atoms with Crippen molar-refractivity contribution < 1.29 is 9.53 Å². The van der Waals surface area contributed by atoms with E-state index in [9.17, 15) is 9.59 Å². The summed E-state index contributed by atoms with van der Waals surface area (Å²) in [6.07, 6.45) is 1.64. The number of nitrogens with zero attached hydrogens (tertiary/aromatic N) is 4. The molecule has 3 rings (SSSR count). The summed E-state index contributed by atoms with van der Waals surface area (Å²) in [6, 6.07) is 12.2. The minimum atomic E-state index is -0.388. The molecule has 0 spiro atoms. The maximum atomic E-state index is 12.3. The van der Waals surface area contributed by atoms with E-state index in [-0.39, 0.29) is 24.8 Å². The number of hydrogen-bond acceptors (Lipinski definition) is 5. The number of rotatable bonds is 7. The van der Waals surface area contributed by atoms with Crippen LogP contribution in [0, 0.1) is 0 Å². The SMILES string of the molecule is CCOc1ccccc1NC(=O)NCCn1nc(-c2ccccn2)n(C)c1=O. The van der Waals surface area contributed by atoms with Gasteiger partial charge in [0, 0.05) is 19.8 Å². The van der Waals surface area contributed by atoms with E-state index in [4.69, 9.17) is 4.74 Å². The number of para-hydroxylation sites is 2. The Morgan fingerprint density at radius 3 is 2.71 bits per heavy atom. The highest BCUT2D eigenvalue weighted by molar-refractivity contribution is 5.90. The van der Waals surface area contributed by atoms with Crippen LogP contribution in [0.15, 0.2) is 53.5 Å². The summed E-state index contributed by atoms with van der Waals surface area (Å²) in [5.74, 6) is 1.07. The summed E-state index contributed by atoms with van der Waals surface area (Å²) >= 11 is 0. The Morgan fingerprint density at radius 1 is 1.18 bits per heavy atom. The summed E-state index contributed by atoms with van der Waals surface area (Å²) in [5.41, 5.74) is 0.915. The minimum Gasteiger partial charge on any atom is -0.492 e. The lowest BCUT2D eigenvalue weighted by Crippen LogP contribution is -2.34. The van der Waals surface area contributed by atoms with E-state index < -0.39 is 0 Å². The lowest BCUT2D eigenvalue weighted by atomic mass is 10.3. The molecule has 0 aliphatic heterocycles. The number of pyridine rings is 1. The quantitative estimate of drug-likeness (QED) is 0.649. The summed E-state index contributed by atoms with van der Waals surface area (Å²) < 4.78 is 8.21. The summed E-state index contributed by atoms with van der Waals surface area (Å²) in [6.45, 7) is 2.85. The Hall–Kier alpha value is -3.62. The highest BCUT2D eigenvalue weighted by Crippen LogP contribution is 2.23. The Bertz CT molecular complexity index is 996. The van der Waals surface area contributed by atoms with Gasteiger partial charge in [-0.15, -0.1) is 5.10 Å². The van der Waals surface area contributed by atoms with Crippen LogP contribution in [-0.2, 0) is 13.6 Å². The molecule has 0 unspecified atom stereocenters. The van der Waals surface area contributed by atoms with Crippen molar-refractivity contribution in [3.05, 3.63) is 59.1 Å². The molecule has 0 fully saturated rings. The van der Waals surface area contributed by atoms with Crippen molar-refractivity contribution in [2.75, 3.05) is 18.5 Å². The van der Waals surface area contributed by atoms with E-state index in [1.165, 1.54) is 9.25 Å². The first-order chi connectivity index (χ1) is 13.6. The number of hydrogen-bond donors (Lipinski definition) is 2. The number of carbonyl (C=O) groups is 1. The van der Waals surface area contributed by atoms with Gasteiger partial charge in [0.2, 0.25) is 0 Å². The van der Waals surface area contributed by atoms with Gasteiger partial charge >= 0.3 is 11.7 Å². The number of nitrogens with one attached hydrogen (secondary N) is 2. The Labute approximate surface area is 162 Å². The van der Waals surface area contributed by atoms with Crippen LogP contribution >= 0.6 is 0 Å². The molecule has 9 nitrogen and oxygen atoms in total. The molecular weight excluding hydrogens is 360 g/mol. The highest BCUT2D eigenvalue weighted by Gasteiger charge is 2.13. The lowest BCUT2D eigenvalue weighted by molar-refractivity contribution is 0.251. The molecule has 146 valence electrons.